The van der Waals surface area contributed by atoms with Crippen LogP contribution in [0, 0.1) is 5.82 Å². The molecule has 0 radical (unpaired) electrons. The standard InChI is InChI=1S/C14H11FN4/c15-10-5-3-4-9(8-10)13-17-14(19-18-13)11-6-1-2-7-12(11)16/h1-8H,16H2,(H,17,18,19). The average Bonchev–Trinajstić information content (AvgIpc) is 2.89. The topological polar surface area (TPSA) is 67.6 Å². The molecule has 3 aromatic rings. The number of anilines is 1. The van der Waals surface area contributed by atoms with Crippen LogP contribution in [0.15, 0.2) is 48.5 Å². The SMILES string of the molecule is Nc1ccccc1-c1nc(-c2cccc(F)c2)n[nH]1. The number of nitrogens with two attached hydrogens (primary N) is 1. The lowest BCUT2D eigenvalue weighted by Crippen LogP contribution is -1.90. The number of hydrogen-bond acceptors (Lipinski definition) is 3. The van der Waals surface area contributed by atoms with E-state index in [-0.39, 0.29) is 5.82 Å². The molecule has 5 heteroatoms. The van der Waals surface area contributed by atoms with Gasteiger partial charge in [0.2, 0.25) is 0 Å². The highest BCUT2D eigenvalue weighted by Gasteiger charge is 2.10. The van der Waals surface area contributed by atoms with E-state index in [1.807, 2.05) is 18.2 Å². The van der Waals surface area contributed by atoms with Crippen LogP contribution in [0.2, 0.25) is 0 Å². The van der Waals surface area contributed by atoms with Crippen molar-refractivity contribution in [1.82, 2.24) is 15.2 Å². The molecule has 2 aromatic carbocycles. The van der Waals surface area contributed by atoms with Crippen molar-refractivity contribution < 1.29 is 4.39 Å². The molecule has 0 fully saturated rings. The summed E-state index contributed by atoms with van der Waals surface area (Å²) in [5, 5.41) is 6.90. The molecule has 0 aliphatic rings. The summed E-state index contributed by atoms with van der Waals surface area (Å²) in [5.41, 5.74) is 7.89. The van der Waals surface area contributed by atoms with Crippen molar-refractivity contribution in [1.29, 1.82) is 0 Å². The summed E-state index contributed by atoms with van der Waals surface area (Å²) in [4.78, 5) is 4.34. The van der Waals surface area contributed by atoms with Gasteiger partial charge in [0.1, 0.15) is 5.82 Å². The van der Waals surface area contributed by atoms with Crippen LogP contribution in [-0.4, -0.2) is 15.2 Å². The number of hydrogen-bond donors (Lipinski definition) is 2. The fraction of sp³-hybridized carbons (Fsp3) is 0. The summed E-state index contributed by atoms with van der Waals surface area (Å²) >= 11 is 0. The number of benzene rings is 2. The number of halogens is 1. The van der Waals surface area contributed by atoms with E-state index in [4.69, 9.17) is 5.73 Å². The van der Waals surface area contributed by atoms with Gasteiger partial charge in [0.15, 0.2) is 11.6 Å². The Kier molecular flexibility index (Phi) is 2.72. The quantitative estimate of drug-likeness (QED) is 0.691. The maximum atomic E-state index is 13.2. The predicted octanol–water partition coefficient (Wildman–Crippen LogP) is 2.86. The van der Waals surface area contributed by atoms with E-state index < -0.39 is 0 Å². The minimum atomic E-state index is -0.317. The summed E-state index contributed by atoms with van der Waals surface area (Å²) in [6.07, 6.45) is 0. The zero-order valence-corrected chi connectivity index (χ0v) is 9.97. The zero-order chi connectivity index (χ0) is 13.2. The van der Waals surface area contributed by atoms with Crippen LogP contribution in [0.5, 0.6) is 0 Å². The van der Waals surface area contributed by atoms with Crippen LogP contribution in [-0.2, 0) is 0 Å². The number of nitrogens with zero attached hydrogens (tertiary/aromatic N) is 2. The Morgan fingerprint density at radius 3 is 2.68 bits per heavy atom. The highest BCUT2D eigenvalue weighted by atomic mass is 19.1. The van der Waals surface area contributed by atoms with E-state index in [0.29, 0.717) is 22.9 Å². The van der Waals surface area contributed by atoms with Gasteiger partial charge >= 0.3 is 0 Å². The van der Waals surface area contributed by atoms with Crippen molar-refractivity contribution in [3.63, 3.8) is 0 Å². The Bertz CT molecular complexity index is 721. The molecule has 1 heterocycles. The first kappa shape index (κ1) is 11.4. The van der Waals surface area contributed by atoms with Gasteiger partial charge in [-0.15, -0.1) is 0 Å². The molecule has 1 aromatic heterocycles. The second-order valence-electron chi connectivity index (χ2n) is 4.11. The second-order valence-corrected chi connectivity index (χ2v) is 4.11. The van der Waals surface area contributed by atoms with Crippen molar-refractivity contribution in [3.8, 4) is 22.8 Å². The number of H-pyrrole nitrogens is 1. The Morgan fingerprint density at radius 1 is 1.05 bits per heavy atom. The largest absolute Gasteiger partial charge is 0.398 e. The molecule has 3 rings (SSSR count). The van der Waals surface area contributed by atoms with E-state index in [1.54, 1.807) is 18.2 Å². The molecule has 0 atom stereocenters. The normalized spacial score (nSPS) is 10.6. The van der Waals surface area contributed by atoms with E-state index in [0.717, 1.165) is 5.56 Å². The fourth-order valence-corrected chi connectivity index (χ4v) is 1.85. The summed E-state index contributed by atoms with van der Waals surface area (Å²) in [6, 6.07) is 13.5. The maximum absolute atomic E-state index is 13.2. The van der Waals surface area contributed by atoms with Crippen LogP contribution >= 0.6 is 0 Å². The number of aromatic amines is 1. The second kappa shape index (κ2) is 4.53. The van der Waals surface area contributed by atoms with Gasteiger partial charge in [-0.2, -0.15) is 5.10 Å². The van der Waals surface area contributed by atoms with Crippen molar-refractivity contribution in [2.24, 2.45) is 0 Å². The van der Waals surface area contributed by atoms with Crippen LogP contribution in [0.1, 0.15) is 0 Å². The van der Waals surface area contributed by atoms with Gasteiger partial charge in [0.25, 0.3) is 0 Å². The zero-order valence-electron chi connectivity index (χ0n) is 9.97. The van der Waals surface area contributed by atoms with Crippen molar-refractivity contribution in [2.75, 3.05) is 5.73 Å². The molecule has 0 unspecified atom stereocenters. The Balaban J connectivity index is 2.03. The van der Waals surface area contributed by atoms with E-state index in [9.17, 15) is 4.39 Å². The Labute approximate surface area is 109 Å². The molecule has 94 valence electrons. The van der Waals surface area contributed by atoms with Gasteiger partial charge in [-0.05, 0) is 24.3 Å². The molecular formula is C14H11FN4. The third-order valence-electron chi connectivity index (χ3n) is 2.78. The molecule has 0 amide bonds. The number of rotatable bonds is 2. The smallest absolute Gasteiger partial charge is 0.181 e. The number of nitrogens with one attached hydrogen (secondary N) is 1. The maximum Gasteiger partial charge on any atom is 0.181 e. The molecule has 0 aliphatic carbocycles. The highest BCUT2D eigenvalue weighted by molar-refractivity contribution is 5.72. The van der Waals surface area contributed by atoms with Crippen molar-refractivity contribution in [2.45, 2.75) is 0 Å². The van der Waals surface area contributed by atoms with Gasteiger partial charge in [-0.3, -0.25) is 5.10 Å². The summed E-state index contributed by atoms with van der Waals surface area (Å²) < 4.78 is 13.2. The molecular weight excluding hydrogens is 243 g/mol. The number of nitrogen functional groups attached to an aromatic ring is 1. The molecule has 0 aliphatic heterocycles. The van der Waals surface area contributed by atoms with Gasteiger partial charge in [0.05, 0.1) is 0 Å². The number of para-hydroxylation sites is 1. The summed E-state index contributed by atoms with van der Waals surface area (Å²) in [5.74, 6) is 0.693. The summed E-state index contributed by atoms with van der Waals surface area (Å²) in [7, 11) is 0. The van der Waals surface area contributed by atoms with Gasteiger partial charge in [-0.25, -0.2) is 9.37 Å². The van der Waals surface area contributed by atoms with E-state index >= 15 is 0 Å². The van der Waals surface area contributed by atoms with Gasteiger partial charge in [-0.1, -0.05) is 24.3 Å². The first-order valence-corrected chi connectivity index (χ1v) is 5.77. The monoisotopic (exact) mass is 254 g/mol. The molecule has 0 spiro atoms. The first-order chi connectivity index (χ1) is 9.24. The Morgan fingerprint density at radius 2 is 1.89 bits per heavy atom. The highest BCUT2D eigenvalue weighted by Crippen LogP contribution is 2.24. The molecule has 4 nitrogen and oxygen atoms in total. The molecule has 19 heavy (non-hydrogen) atoms. The van der Waals surface area contributed by atoms with Crippen LogP contribution < -0.4 is 5.73 Å². The average molecular weight is 254 g/mol. The molecule has 0 bridgehead atoms. The van der Waals surface area contributed by atoms with Crippen molar-refractivity contribution in [3.05, 3.63) is 54.3 Å². The number of aromatic nitrogens is 3. The van der Waals surface area contributed by atoms with Gasteiger partial charge < -0.3 is 5.73 Å². The predicted molar refractivity (Wildman–Crippen MR) is 71.6 cm³/mol. The third-order valence-corrected chi connectivity index (χ3v) is 2.78. The van der Waals surface area contributed by atoms with Crippen LogP contribution in [0.25, 0.3) is 22.8 Å². The minimum absolute atomic E-state index is 0.317. The van der Waals surface area contributed by atoms with E-state index in [1.165, 1.54) is 12.1 Å². The molecule has 3 N–H and O–H groups in total. The minimum Gasteiger partial charge on any atom is -0.398 e. The lowest BCUT2D eigenvalue weighted by Gasteiger charge is -1.99. The third kappa shape index (κ3) is 2.18. The Hall–Kier alpha value is -2.69. The van der Waals surface area contributed by atoms with Crippen LogP contribution in [0.4, 0.5) is 10.1 Å². The molecule has 0 saturated carbocycles. The summed E-state index contributed by atoms with van der Waals surface area (Å²) in [6.45, 7) is 0. The van der Waals surface area contributed by atoms with Crippen LogP contribution in [0.3, 0.4) is 0 Å². The van der Waals surface area contributed by atoms with E-state index in [2.05, 4.69) is 15.2 Å². The van der Waals surface area contributed by atoms with Crippen molar-refractivity contribution >= 4 is 5.69 Å². The van der Waals surface area contributed by atoms with Gasteiger partial charge in [0, 0.05) is 16.8 Å². The molecule has 0 saturated heterocycles. The lowest BCUT2D eigenvalue weighted by atomic mass is 10.1. The first-order valence-electron chi connectivity index (χ1n) is 5.77. The lowest BCUT2D eigenvalue weighted by molar-refractivity contribution is 0.628. The fourth-order valence-electron chi connectivity index (χ4n) is 1.85.